The molecule has 2 aliphatic carbocycles. The monoisotopic (exact) mass is 314 g/mol. The summed E-state index contributed by atoms with van der Waals surface area (Å²) < 4.78 is 1.24. The molecule has 2 aliphatic rings. The summed E-state index contributed by atoms with van der Waals surface area (Å²) in [5.41, 5.74) is 3.08. The van der Waals surface area contributed by atoms with Crippen molar-refractivity contribution in [2.24, 2.45) is 23.6 Å². The van der Waals surface area contributed by atoms with Gasteiger partial charge in [-0.15, -0.1) is 11.3 Å². The highest BCUT2D eigenvalue weighted by Crippen LogP contribution is 2.50. The van der Waals surface area contributed by atoms with Crippen molar-refractivity contribution >= 4 is 27.3 Å². The molecule has 4 heteroatoms. The molecule has 0 saturated heterocycles. The van der Waals surface area contributed by atoms with Gasteiger partial charge in [0.05, 0.1) is 0 Å². The summed E-state index contributed by atoms with van der Waals surface area (Å²) in [6.45, 7) is 0. The number of hydrogen-bond donors (Lipinski definition) is 2. The van der Waals surface area contributed by atoms with E-state index < -0.39 is 0 Å². The zero-order valence-electron chi connectivity index (χ0n) is 9.86. The topological polar surface area (TPSA) is 38.0 Å². The molecule has 3 N–H and O–H groups in total. The van der Waals surface area contributed by atoms with Crippen LogP contribution in [0.3, 0.4) is 0 Å². The van der Waals surface area contributed by atoms with E-state index in [1.165, 1.54) is 35.0 Å². The third-order valence-electron chi connectivity index (χ3n) is 4.62. The van der Waals surface area contributed by atoms with Gasteiger partial charge in [-0.1, -0.05) is 6.42 Å². The number of hydrazine groups is 1. The first-order valence-corrected chi connectivity index (χ1v) is 8.13. The Morgan fingerprint density at radius 1 is 1.47 bits per heavy atom. The summed E-state index contributed by atoms with van der Waals surface area (Å²) in [4.78, 5) is 1.43. The van der Waals surface area contributed by atoms with Crippen molar-refractivity contribution in [1.82, 2.24) is 5.43 Å². The average molecular weight is 315 g/mol. The summed E-state index contributed by atoms with van der Waals surface area (Å²) in [5, 5.41) is 2.15. The second kappa shape index (κ2) is 5.00. The molecule has 4 unspecified atom stereocenters. The van der Waals surface area contributed by atoms with E-state index in [2.05, 4.69) is 32.8 Å². The Kier molecular flexibility index (Phi) is 3.57. The van der Waals surface area contributed by atoms with Crippen molar-refractivity contribution in [3.8, 4) is 0 Å². The lowest BCUT2D eigenvalue weighted by Crippen LogP contribution is -2.44. The second-order valence-electron chi connectivity index (χ2n) is 5.51. The van der Waals surface area contributed by atoms with Gasteiger partial charge < -0.3 is 0 Å². The fourth-order valence-electron chi connectivity index (χ4n) is 3.79. The van der Waals surface area contributed by atoms with Gasteiger partial charge in [-0.05, 0) is 70.8 Å². The van der Waals surface area contributed by atoms with E-state index in [1.807, 2.05) is 11.3 Å². The van der Waals surface area contributed by atoms with E-state index in [1.54, 1.807) is 0 Å². The van der Waals surface area contributed by atoms with E-state index >= 15 is 0 Å². The number of halogens is 1. The minimum absolute atomic E-state index is 0.459. The summed E-state index contributed by atoms with van der Waals surface area (Å²) in [6.07, 6.45) is 6.81. The molecule has 3 rings (SSSR count). The van der Waals surface area contributed by atoms with Gasteiger partial charge in [0, 0.05) is 15.4 Å². The number of nitrogens with two attached hydrogens (primary N) is 1. The largest absolute Gasteiger partial charge is 0.271 e. The van der Waals surface area contributed by atoms with Crippen LogP contribution in [0.5, 0.6) is 0 Å². The number of fused-ring (bicyclic) bond motifs is 2. The van der Waals surface area contributed by atoms with Crippen molar-refractivity contribution in [1.29, 1.82) is 0 Å². The number of thiophene rings is 1. The zero-order valence-corrected chi connectivity index (χ0v) is 12.3. The van der Waals surface area contributed by atoms with Crippen LogP contribution in [0.15, 0.2) is 15.9 Å². The van der Waals surface area contributed by atoms with Gasteiger partial charge in [-0.3, -0.25) is 11.3 Å². The van der Waals surface area contributed by atoms with Gasteiger partial charge in [0.25, 0.3) is 0 Å². The van der Waals surface area contributed by atoms with E-state index in [-0.39, 0.29) is 0 Å². The van der Waals surface area contributed by atoms with Crippen LogP contribution in [-0.2, 0) is 6.42 Å². The van der Waals surface area contributed by atoms with E-state index in [4.69, 9.17) is 5.84 Å². The van der Waals surface area contributed by atoms with Crippen LogP contribution >= 0.6 is 27.3 Å². The highest BCUT2D eigenvalue weighted by molar-refractivity contribution is 9.10. The van der Waals surface area contributed by atoms with Crippen molar-refractivity contribution in [3.05, 3.63) is 20.8 Å². The van der Waals surface area contributed by atoms with Crippen molar-refractivity contribution in [3.63, 3.8) is 0 Å². The maximum atomic E-state index is 5.79. The Hall–Kier alpha value is 0.100. The molecule has 4 atom stereocenters. The fraction of sp³-hybridized carbons (Fsp3) is 0.692. The summed E-state index contributed by atoms with van der Waals surface area (Å²) in [5.74, 6) is 8.51. The quantitative estimate of drug-likeness (QED) is 0.661. The molecule has 94 valence electrons. The van der Waals surface area contributed by atoms with Gasteiger partial charge in [0.2, 0.25) is 0 Å². The first kappa shape index (κ1) is 12.2. The third-order valence-corrected chi connectivity index (χ3v) is 6.57. The molecule has 2 saturated carbocycles. The van der Waals surface area contributed by atoms with Gasteiger partial charge in [-0.25, -0.2) is 0 Å². The second-order valence-corrected chi connectivity index (χ2v) is 7.36. The highest BCUT2D eigenvalue weighted by atomic mass is 79.9. The first-order valence-electron chi connectivity index (χ1n) is 6.46. The Morgan fingerprint density at radius 2 is 2.35 bits per heavy atom. The normalized spacial score (nSPS) is 33.2. The number of hydrogen-bond acceptors (Lipinski definition) is 3. The van der Waals surface area contributed by atoms with E-state index in [9.17, 15) is 0 Å². The molecule has 2 nitrogen and oxygen atoms in total. The predicted molar refractivity (Wildman–Crippen MR) is 75.8 cm³/mol. The number of nitrogens with one attached hydrogen (secondary N) is 1. The molecule has 17 heavy (non-hydrogen) atoms. The van der Waals surface area contributed by atoms with E-state index in [0.717, 1.165) is 24.2 Å². The van der Waals surface area contributed by atoms with Gasteiger partial charge >= 0.3 is 0 Å². The van der Waals surface area contributed by atoms with Crippen molar-refractivity contribution in [2.45, 2.75) is 38.1 Å². The molecular formula is C13H19BrN2S. The molecule has 1 aromatic rings. The van der Waals surface area contributed by atoms with Gasteiger partial charge in [0.1, 0.15) is 0 Å². The maximum Gasteiger partial charge on any atom is 0.0314 e. The molecular weight excluding hydrogens is 296 g/mol. The zero-order chi connectivity index (χ0) is 11.8. The molecule has 0 aromatic carbocycles. The Bertz CT molecular complexity index is 393. The standard InChI is InChI=1S/C13H19BrN2S/c14-11-3-4-17-13(11)7-12(16-15)10-6-8-1-2-9(10)5-8/h3-4,8-10,12,16H,1-2,5-7,15H2. The summed E-state index contributed by atoms with van der Waals surface area (Å²) in [7, 11) is 0. The lowest BCUT2D eigenvalue weighted by molar-refractivity contribution is 0.248. The molecule has 0 spiro atoms. The molecule has 2 bridgehead atoms. The smallest absolute Gasteiger partial charge is 0.0314 e. The molecule has 0 radical (unpaired) electrons. The van der Waals surface area contributed by atoms with Gasteiger partial charge in [0.15, 0.2) is 0 Å². The third kappa shape index (κ3) is 2.33. The van der Waals surface area contributed by atoms with Crippen LogP contribution in [0.1, 0.15) is 30.6 Å². The minimum atomic E-state index is 0.459. The molecule has 2 fully saturated rings. The lowest BCUT2D eigenvalue weighted by Gasteiger charge is -2.29. The Morgan fingerprint density at radius 3 is 2.88 bits per heavy atom. The van der Waals surface area contributed by atoms with Crippen LogP contribution in [0.25, 0.3) is 0 Å². The fourth-order valence-corrected chi connectivity index (χ4v) is 5.37. The highest BCUT2D eigenvalue weighted by Gasteiger charge is 2.42. The average Bonchev–Trinajstić information content (AvgIpc) is 3.02. The van der Waals surface area contributed by atoms with Crippen LogP contribution in [-0.4, -0.2) is 6.04 Å². The first-order chi connectivity index (χ1) is 8.28. The van der Waals surface area contributed by atoms with Crippen LogP contribution in [0.2, 0.25) is 0 Å². The molecule has 0 amide bonds. The predicted octanol–water partition coefficient (Wildman–Crippen LogP) is 3.32. The SMILES string of the molecule is NNC(Cc1sccc1Br)C1CC2CCC1C2. The van der Waals surface area contributed by atoms with Crippen LogP contribution in [0.4, 0.5) is 0 Å². The van der Waals surface area contributed by atoms with Crippen molar-refractivity contribution < 1.29 is 0 Å². The van der Waals surface area contributed by atoms with Crippen LogP contribution in [0, 0.1) is 17.8 Å². The van der Waals surface area contributed by atoms with E-state index in [0.29, 0.717) is 6.04 Å². The minimum Gasteiger partial charge on any atom is -0.271 e. The molecule has 1 heterocycles. The summed E-state index contributed by atoms with van der Waals surface area (Å²) in [6, 6.07) is 2.59. The Labute approximate surface area is 115 Å². The number of rotatable bonds is 4. The van der Waals surface area contributed by atoms with Crippen molar-refractivity contribution in [2.75, 3.05) is 0 Å². The molecule has 1 aromatic heterocycles. The van der Waals surface area contributed by atoms with Gasteiger partial charge in [-0.2, -0.15) is 0 Å². The lowest BCUT2D eigenvalue weighted by atomic mass is 9.82. The maximum absolute atomic E-state index is 5.79. The Balaban J connectivity index is 1.70. The summed E-state index contributed by atoms with van der Waals surface area (Å²) >= 11 is 5.44. The molecule has 0 aliphatic heterocycles. The van der Waals surface area contributed by atoms with Crippen LogP contribution < -0.4 is 11.3 Å².